The van der Waals surface area contributed by atoms with E-state index < -0.39 is 44.9 Å². The lowest BCUT2D eigenvalue weighted by Crippen LogP contribution is -2.34. The van der Waals surface area contributed by atoms with E-state index in [1.165, 1.54) is 37.3 Å². The molecule has 11 heteroatoms. The second-order valence-corrected chi connectivity index (χ2v) is 11.1. The van der Waals surface area contributed by atoms with E-state index in [9.17, 15) is 17.4 Å². The molecule has 0 amide bonds. The van der Waals surface area contributed by atoms with Gasteiger partial charge in [-0.25, -0.2) is 17.6 Å². The molecular formula is C22H19ClFNO6S2. The van der Waals surface area contributed by atoms with Gasteiger partial charge in [0.05, 0.1) is 49.3 Å². The van der Waals surface area contributed by atoms with Crippen LogP contribution in [-0.4, -0.2) is 42.7 Å². The molecule has 7 nitrogen and oxygen atoms in total. The second-order valence-electron chi connectivity index (χ2n) is 7.37. The topological polar surface area (TPSA) is 110 Å². The predicted molar refractivity (Wildman–Crippen MR) is 120 cm³/mol. The van der Waals surface area contributed by atoms with E-state index in [1.807, 2.05) is 0 Å². The molecule has 2 aliphatic rings. The number of sulfone groups is 1. The summed E-state index contributed by atoms with van der Waals surface area (Å²) in [6.07, 6.45) is 0. The number of esters is 1. The zero-order valence-corrected chi connectivity index (χ0v) is 19.7. The number of carbonyl (C=O) groups excluding carboxylic acids is 1. The first-order valence-electron chi connectivity index (χ1n) is 9.83. The number of hydrogen-bond donors (Lipinski definition) is 2. The fourth-order valence-corrected chi connectivity index (χ4v) is 8.00. The van der Waals surface area contributed by atoms with Gasteiger partial charge >= 0.3 is 5.97 Å². The summed E-state index contributed by atoms with van der Waals surface area (Å²) >= 11 is 6.33. The van der Waals surface area contributed by atoms with Gasteiger partial charge in [0.1, 0.15) is 12.4 Å². The summed E-state index contributed by atoms with van der Waals surface area (Å²) in [6.45, 7) is 0.725. The Kier molecular flexibility index (Phi) is 6.45. The van der Waals surface area contributed by atoms with E-state index >= 15 is 4.39 Å². The Morgan fingerprint density at radius 3 is 2.70 bits per heavy atom. The molecule has 0 aliphatic carbocycles. The monoisotopic (exact) mass is 511 g/mol. The quantitative estimate of drug-likeness (QED) is 0.607. The first kappa shape index (κ1) is 23.6. The molecule has 0 radical (unpaired) electrons. The maximum atomic E-state index is 15.1. The molecule has 0 bridgehead atoms. The fraction of sp³-hybridized carbons (Fsp3) is 0.227. The molecule has 2 aromatic rings. The van der Waals surface area contributed by atoms with Crippen LogP contribution in [0.15, 0.2) is 74.1 Å². The van der Waals surface area contributed by atoms with Gasteiger partial charge in [0.15, 0.2) is 0 Å². The Labute approximate surface area is 197 Å². The number of allylic oxidation sites excluding steroid dienone is 2. The van der Waals surface area contributed by atoms with Crippen molar-refractivity contribution in [3.05, 3.63) is 80.7 Å². The SMILES string of the molecule is CC1=C(C(=O)OCCO)C(c2c(F)cccc2Cl)C2=C(CS(=O)c3ccccc3S2(=O)=O)N1. The summed E-state index contributed by atoms with van der Waals surface area (Å²) in [6, 6.07) is 9.74. The summed E-state index contributed by atoms with van der Waals surface area (Å²) in [7, 11) is -6.07. The highest BCUT2D eigenvalue weighted by molar-refractivity contribution is 7.96. The minimum Gasteiger partial charge on any atom is -0.460 e. The van der Waals surface area contributed by atoms with Crippen molar-refractivity contribution in [2.24, 2.45) is 0 Å². The van der Waals surface area contributed by atoms with Gasteiger partial charge in [-0.2, -0.15) is 0 Å². The van der Waals surface area contributed by atoms with E-state index in [2.05, 4.69) is 5.32 Å². The second kappa shape index (κ2) is 9.02. The Balaban J connectivity index is 2.05. The molecule has 0 spiro atoms. The summed E-state index contributed by atoms with van der Waals surface area (Å²) in [5.74, 6) is -3.38. The molecule has 4 rings (SSSR count). The number of benzene rings is 2. The molecule has 2 heterocycles. The Morgan fingerprint density at radius 2 is 2.00 bits per heavy atom. The van der Waals surface area contributed by atoms with Gasteiger partial charge in [-0.05, 0) is 31.2 Å². The van der Waals surface area contributed by atoms with Crippen molar-refractivity contribution in [2.45, 2.75) is 22.6 Å². The predicted octanol–water partition coefficient (Wildman–Crippen LogP) is 2.78. The molecular weight excluding hydrogens is 493 g/mol. The molecule has 2 atom stereocenters. The summed E-state index contributed by atoms with van der Waals surface area (Å²) < 4.78 is 61.0. The number of fused-ring (bicyclic) bond motifs is 1. The van der Waals surface area contributed by atoms with Gasteiger partial charge in [-0.1, -0.05) is 29.8 Å². The van der Waals surface area contributed by atoms with Crippen LogP contribution >= 0.6 is 11.6 Å². The minimum absolute atomic E-state index is 0.0807. The van der Waals surface area contributed by atoms with Crippen molar-refractivity contribution in [3.63, 3.8) is 0 Å². The number of halogens is 2. The van der Waals surface area contributed by atoms with Gasteiger partial charge in [-0.15, -0.1) is 0 Å². The van der Waals surface area contributed by atoms with Crippen LogP contribution in [0.1, 0.15) is 18.4 Å². The van der Waals surface area contributed by atoms with Crippen LogP contribution in [0.3, 0.4) is 0 Å². The van der Waals surface area contributed by atoms with E-state index in [4.69, 9.17) is 21.4 Å². The fourth-order valence-electron chi connectivity index (χ4n) is 4.04. The summed E-state index contributed by atoms with van der Waals surface area (Å²) in [5.41, 5.74) is -0.0793. The molecule has 0 saturated heterocycles. The van der Waals surface area contributed by atoms with Crippen molar-refractivity contribution in [2.75, 3.05) is 19.0 Å². The Morgan fingerprint density at radius 1 is 1.27 bits per heavy atom. The molecule has 0 saturated carbocycles. The van der Waals surface area contributed by atoms with Gasteiger partial charge in [0.25, 0.3) is 0 Å². The lowest BCUT2D eigenvalue weighted by molar-refractivity contribution is -0.140. The highest BCUT2D eigenvalue weighted by atomic mass is 35.5. The van der Waals surface area contributed by atoms with Crippen LogP contribution in [0.5, 0.6) is 0 Å². The number of rotatable bonds is 4. The lowest BCUT2D eigenvalue weighted by atomic mass is 9.86. The third kappa shape index (κ3) is 4.01. The number of nitrogens with one attached hydrogen (secondary N) is 1. The molecule has 2 aliphatic heterocycles. The molecule has 0 fully saturated rings. The molecule has 174 valence electrons. The molecule has 2 N–H and O–H groups in total. The van der Waals surface area contributed by atoms with Gasteiger partial charge in [0, 0.05) is 22.0 Å². The molecule has 0 aromatic heterocycles. The van der Waals surface area contributed by atoms with Crippen LogP contribution in [0.4, 0.5) is 4.39 Å². The van der Waals surface area contributed by atoms with Crippen molar-refractivity contribution >= 4 is 38.2 Å². The molecule has 33 heavy (non-hydrogen) atoms. The van der Waals surface area contributed by atoms with Crippen molar-refractivity contribution in [1.29, 1.82) is 0 Å². The normalized spacial score (nSPS) is 21.6. The van der Waals surface area contributed by atoms with Crippen LogP contribution in [0.25, 0.3) is 0 Å². The summed E-state index contributed by atoms with van der Waals surface area (Å²) in [5, 5.41) is 11.9. The third-order valence-electron chi connectivity index (χ3n) is 5.37. The first-order valence-corrected chi connectivity index (χ1v) is 13.0. The van der Waals surface area contributed by atoms with Gasteiger partial charge in [-0.3, -0.25) is 4.21 Å². The van der Waals surface area contributed by atoms with Crippen molar-refractivity contribution < 1.29 is 31.7 Å². The zero-order chi connectivity index (χ0) is 23.9. The summed E-state index contributed by atoms with van der Waals surface area (Å²) in [4.78, 5) is 12.6. The van der Waals surface area contributed by atoms with Gasteiger partial charge in [0.2, 0.25) is 9.84 Å². The maximum absolute atomic E-state index is 15.1. The standard InChI is InChI=1S/C22H19ClFNO6S2/c1-12-18(22(27)31-10-9-26)20(19-13(23)5-4-6-14(19)24)21-15(25-12)11-32(28)16-7-2-3-8-17(16)33(21,29)30/h2-8,20,25-26H,9-11H2,1H3. The van der Waals surface area contributed by atoms with Crippen molar-refractivity contribution in [1.82, 2.24) is 5.32 Å². The third-order valence-corrected chi connectivity index (χ3v) is 9.22. The van der Waals surface area contributed by atoms with Crippen LogP contribution in [-0.2, 0) is 30.2 Å². The number of aliphatic hydroxyl groups is 1. The Bertz CT molecular complexity index is 1330. The van der Waals surface area contributed by atoms with E-state index in [0.29, 0.717) is 0 Å². The number of aliphatic hydroxyl groups excluding tert-OH is 1. The number of dihydropyridines is 1. The highest BCUT2D eigenvalue weighted by Crippen LogP contribution is 2.48. The van der Waals surface area contributed by atoms with Crippen LogP contribution in [0, 0.1) is 5.82 Å². The van der Waals surface area contributed by atoms with E-state index in [0.717, 1.165) is 6.07 Å². The Hall–Kier alpha value is -2.53. The van der Waals surface area contributed by atoms with Crippen LogP contribution < -0.4 is 5.32 Å². The highest BCUT2D eigenvalue weighted by Gasteiger charge is 2.45. The smallest absolute Gasteiger partial charge is 0.336 e. The number of carbonyl (C=O) groups is 1. The average Bonchev–Trinajstić information content (AvgIpc) is 2.84. The largest absolute Gasteiger partial charge is 0.460 e. The molecule has 2 aromatic carbocycles. The van der Waals surface area contributed by atoms with E-state index in [1.54, 1.807) is 6.07 Å². The maximum Gasteiger partial charge on any atom is 0.336 e. The van der Waals surface area contributed by atoms with Crippen LogP contribution in [0.2, 0.25) is 5.02 Å². The molecule has 2 unspecified atom stereocenters. The zero-order valence-electron chi connectivity index (χ0n) is 17.3. The van der Waals surface area contributed by atoms with E-state index in [-0.39, 0.29) is 54.6 Å². The van der Waals surface area contributed by atoms with Crippen molar-refractivity contribution in [3.8, 4) is 0 Å². The number of hydrogen-bond acceptors (Lipinski definition) is 7. The van der Waals surface area contributed by atoms with Gasteiger partial charge < -0.3 is 15.2 Å². The average molecular weight is 512 g/mol. The minimum atomic E-state index is -4.35. The lowest BCUT2D eigenvalue weighted by Gasteiger charge is -2.31. The number of ether oxygens (including phenoxy) is 1. The first-order chi connectivity index (χ1) is 15.7.